The van der Waals surface area contributed by atoms with E-state index in [0.29, 0.717) is 10.8 Å². The van der Waals surface area contributed by atoms with Crippen LogP contribution in [0.3, 0.4) is 0 Å². The Hall–Kier alpha value is -3.39. The maximum Gasteiger partial charge on any atom is 0.269 e. The molecule has 0 aliphatic rings. The molecule has 0 amide bonds. The molecule has 8 heteroatoms. The Morgan fingerprint density at radius 3 is 2.58 bits per heavy atom. The van der Waals surface area contributed by atoms with Gasteiger partial charge in [0.25, 0.3) is 5.69 Å². The van der Waals surface area contributed by atoms with Crippen molar-refractivity contribution in [2.45, 2.75) is 6.92 Å². The molecule has 4 rings (SSSR count). The summed E-state index contributed by atoms with van der Waals surface area (Å²) in [5, 5.41) is 24.5. The number of nitrogens with zero attached hydrogens (tertiary/aromatic N) is 5. The Bertz CT molecular complexity index is 1130. The van der Waals surface area contributed by atoms with Gasteiger partial charge in [-0.15, -0.1) is 10.2 Å². The summed E-state index contributed by atoms with van der Waals surface area (Å²) in [6.07, 6.45) is 3.73. The van der Waals surface area contributed by atoms with Crippen molar-refractivity contribution in [2.24, 2.45) is 0 Å². The molecular weight excluding hydrogens is 350 g/mol. The Balaban J connectivity index is 1.64. The molecule has 0 fully saturated rings. The molecule has 2 heterocycles. The molecule has 4 aromatic rings. The number of fused-ring (bicyclic) bond motifs is 1. The molecule has 0 aliphatic carbocycles. The van der Waals surface area contributed by atoms with Crippen LogP contribution >= 0.6 is 11.3 Å². The molecule has 2 aromatic heterocycles. The topological polar surface area (TPSA) is 86.2 Å². The zero-order valence-electron chi connectivity index (χ0n) is 13.7. The molecule has 0 aliphatic heterocycles. The zero-order chi connectivity index (χ0) is 18.1. The molecular formula is C18H13N5O2S. The van der Waals surface area contributed by atoms with E-state index in [0.717, 1.165) is 21.7 Å². The van der Waals surface area contributed by atoms with Crippen LogP contribution in [-0.4, -0.2) is 24.7 Å². The maximum atomic E-state index is 10.7. The first-order chi connectivity index (χ1) is 12.6. The van der Waals surface area contributed by atoms with E-state index in [1.165, 1.54) is 23.5 Å². The largest absolute Gasteiger partial charge is 0.269 e. The highest BCUT2D eigenvalue weighted by Crippen LogP contribution is 2.25. The Labute approximate surface area is 152 Å². The highest BCUT2D eigenvalue weighted by atomic mass is 32.1. The molecule has 2 aromatic carbocycles. The summed E-state index contributed by atoms with van der Waals surface area (Å²) in [4.78, 5) is 11.0. The maximum absolute atomic E-state index is 10.7. The van der Waals surface area contributed by atoms with Crippen molar-refractivity contribution in [1.29, 1.82) is 0 Å². The molecule has 0 unspecified atom stereocenters. The van der Waals surface area contributed by atoms with Gasteiger partial charge in [-0.3, -0.25) is 10.1 Å². The molecule has 26 heavy (non-hydrogen) atoms. The summed E-state index contributed by atoms with van der Waals surface area (Å²) in [7, 11) is 0. The predicted molar refractivity (Wildman–Crippen MR) is 101 cm³/mol. The number of hydrogen-bond donors (Lipinski definition) is 0. The minimum atomic E-state index is -0.413. The van der Waals surface area contributed by atoms with E-state index < -0.39 is 4.92 Å². The molecule has 0 radical (unpaired) electrons. The van der Waals surface area contributed by atoms with Crippen LogP contribution in [0.5, 0.6) is 0 Å². The molecule has 0 atom stereocenters. The number of aromatic nitrogens is 4. The van der Waals surface area contributed by atoms with E-state index in [-0.39, 0.29) is 5.69 Å². The van der Waals surface area contributed by atoms with Crippen LogP contribution in [0.2, 0.25) is 0 Å². The summed E-state index contributed by atoms with van der Waals surface area (Å²) in [6.45, 7) is 2.03. The molecule has 0 saturated carbocycles. The van der Waals surface area contributed by atoms with Crippen molar-refractivity contribution >= 4 is 34.1 Å². The summed E-state index contributed by atoms with van der Waals surface area (Å²) in [6, 6.07) is 14.3. The average molecular weight is 363 g/mol. The fourth-order valence-electron chi connectivity index (χ4n) is 2.57. The number of nitro groups is 1. The van der Waals surface area contributed by atoms with Gasteiger partial charge in [0.15, 0.2) is 5.82 Å². The number of nitro benzene ring substituents is 1. The van der Waals surface area contributed by atoms with Gasteiger partial charge in [-0.2, -0.15) is 9.61 Å². The monoisotopic (exact) mass is 363 g/mol. The summed E-state index contributed by atoms with van der Waals surface area (Å²) < 4.78 is 1.74. The summed E-state index contributed by atoms with van der Waals surface area (Å²) in [5.74, 6) is 0.712. The second-order valence-corrected chi connectivity index (χ2v) is 6.64. The minimum Gasteiger partial charge on any atom is -0.258 e. The van der Waals surface area contributed by atoms with E-state index in [1.54, 1.807) is 16.6 Å². The van der Waals surface area contributed by atoms with Crippen molar-refractivity contribution < 1.29 is 4.92 Å². The fraction of sp³-hybridized carbons (Fsp3) is 0.0556. The van der Waals surface area contributed by atoms with Gasteiger partial charge >= 0.3 is 0 Å². The van der Waals surface area contributed by atoms with Gasteiger partial charge in [0.05, 0.1) is 4.92 Å². The molecule has 128 valence electrons. The summed E-state index contributed by atoms with van der Waals surface area (Å²) in [5.41, 5.74) is 3.04. The number of non-ortho nitro benzene ring substituents is 1. The van der Waals surface area contributed by atoms with Crippen LogP contribution in [-0.2, 0) is 0 Å². The van der Waals surface area contributed by atoms with Crippen LogP contribution in [0, 0.1) is 17.0 Å². The predicted octanol–water partition coefficient (Wildman–Crippen LogP) is 4.24. The standard InChI is InChI=1S/C18H13N5O2S/c1-12-4-2-3-5-15(12)17-19-20-18-22(17)21-16(26-18)11-8-13-6-9-14(10-7-13)23(24)25/h2-11H,1H3/b11-8+. The van der Waals surface area contributed by atoms with Crippen LogP contribution in [0.15, 0.2) is 48.5 Å². The normalized spacial score (nSPS) is 11.4. The number of benzene rings is 2. The minimum absolute atomic E-state index is 0.0730. The SMILES string of the molecule is Cc1ccccc1-c1nnc2sc(/C=C/c3ccc([N+](=O)[O-])cc3)nn12. The van der Waals surface area contributed by atoms with Gasteiger partial charge in [-0.1, -0.05) is 41.7 Å². The van der Waals surface area contributed by atoms with Gasteiger partial charge in [-0.25, -0.2) is 0 Å². The van der Waals surface area contributed by atoms with E-state index in [2.05, 4.69) is 15.3 Å². The average Bonchev–Trinajstić information content (AvgIpc) is 3.21. The number of hydrogen-bond acceptors (Lipinski definition) is 6. The first-order valence-electron chi connectivity index (χ1n) is 7.82. The first-order valence-corrected chi connectivity index (χ1v) is 8.64. The number of rotatable bonds is 4. The molecule has 0 bridgehead atoms. The highest BCUT2D eigenvalue weighted by molar-refractivity contribution is 7.17. The lowest BCUT2D eigenvalue weighted by Crippen LogP contribution is -1.92. The van der Waals surface area contributed by atoms with E-state index in [1.807, 2.05) is 43.3 Å². The van der Waals surface area contributed by atoms with Gasteiger partial charge in [0.2, 0.25) is 4.96 Å². The number of aryl methyl sites for hydroxylation is 1. The van der Waals surface area contributed by atoms with Crippen molar-refractivity contribution in [3.8, 4) is 11.4 Å². The summed E-state index contributed by atoms with van der Waals surface area (Å²) >= 11 is 1.43. The third kappa shape index (κ3) is 2.98. The third-order valence-corrected chi connectivity index (χ3v) is 4.78. The van der Waals surface area contributed by atoms with Crippen LogP contribution in [0.4, 0.5) is 5.69 Å². The van der Waals surface area contributed by atoms with Crippen LogP contribution < -0.4 is 0 Å². The smallest absolute Gasteiger partial charge is 0.258 e. The lowest BCUT2D eigenvalue weighted by atomic mass is 10.1. The van der Waals surface area contributed by atoms with Crippen molar-refractivity contribution in [1.82, 2.24) is 19.8 Å². The Kier molecular flexibility index (Phi) is 4.02. The quantitative estimate of drug-likeness (QED) is 0.400. The van der Waals surface area contributed by atoms with E-state index >= 15 is 0 Å². The van der Waals surface area contributed by atoms with Crippen LogP contribution in [0.1, 0.15) is 16.1 Å². The van der Waals surface area contributed by atoms with Crippen molar-refractivity contribution in [3.63, 3.8) is 0 Å². The van der Waals surface area contributed by atoms with Crippen molar-refractivity contribution in [2.75, 3.05) is 0 Å². The molecule has 0 saturated heterocycles. The van der Waals surface area contributed by atoms with Crippen molar-refractivity contribution in [3.05, 3.63) is 74.8 Å². The van der Waals surface area contributed by atoms with E-state index in [9.17, 15) is 10.1 Å². The first kappa shape index (κ1) is 16.1. The second kappa shape index (κ2) is 6.49. The van der Waals surface area contributed by atoms with E-state index in [4.69, 9.17) is 0 Å². The van der Waals surface area contributed by atoms with Gasteiger partial charge in [-0.05, 0) is 36.3 Å². The van der Waals surface area contributed by atoms with Gasteiger partial charge in [0.1, 0.15) is 5.01 Å². The highest BCUT2D eigenvalue weighted by Gasteiger charge is 2.13. The van der Waals surface area contributed by atoms with Gasteiger partial charge < -0.3 is 0 Å². The molecule has 0 spiro atoms. The lowest BCUT2D eigenvalue weighted by molar-refractivity contribution is -0.384. The third-order valence-electron chi connectivity index (χ3n) is 3.91. The molecule has 7 nitrogen and oxygen atoms in total. The zero-order valence-corrected chi connectivity index (χ0v) is 14.6. The second-order valence-electron chi connectivity index (χ2n) is 5.66. The van der Waals surface area contributed by atoms with Crippen LogP contribution in [0.25, 0.3) is 28.5 Å². The van der Waals surface area contributed by atoms with Gasteiger partial charge in [0, 0.05) is 17.7 Å². The molecule has 0 N–H and O–H groups in total. The Morgan fingerprint density at radius 2 is 1.85 bits per heavy atom. The fourth-order valence-corrected chi connectivity index (χ4v) is 3.31. The Morgan fingerprint density at radius 1 is 1.08 bits per heavy atom. The lowest BCUT2D eigenvalue weighted by Gasteiger charge is -2.00.